The molecule has 2 aromatic carbocycles. The maximum Gasteiger partial charge on any atom is 0.279 e. The Morgan fingerprint density at radius 1 is 1.00 bits per heavy atom. The first-order chi connectivity index (χ1) is 15.3. The summed E-state index contributed by atoms with van der Waals surface area (Å²) in [5, 5.41) is 0. The van der Waals surface area contributed by atoms with Crippen LogP contribution in [0.5, 0.6) is 0 Å². The van der Waals surface area contributed by atoms with Crippen molar-refractivity contribution in [3.8, 4) is 11.1 Å². The van der Waals surface area contributed by atoms with Gasteiger partial charge in [-0.3, -0.25) is 4.79 Å². The lowest BCUT2D eigenvalue weighted by Crippen LogP contribution is -2.51. The third kappa shape index (κ3) is 3.93. The molecular weight excluding hydrogens is 436 g/mol. The van der Waals surface area contributed by atoms with Crippen LogP contribution in [-0.2, 0) is 15.0 Å². The van der Waals surface area contributed by atoms with E-state index >= 15 is 0 Å². The third-order valence-electron chi connectivity index (χ3n) is 6.67. The summed E-state index contributed by atoms with van der Waals surface area (Å²) in [6.07, 6.45) is 2.07. The molecule has 32 heavy (non-hydrogen) atoms. The molecule has 5 rings (SSSR count). The lowest BCUT2D eigenvalue weighted by atomic mass is 9.95. The van der Waals surface area contributed by atoms with E-state index in [0.717, 1.165) is 12.0 Å². The molecule has 1 saturated carbocycles. The predicted molar refractivity (Wildman–Crippen MR) is 116 cm³/mol. The first-order valence-electron chi connectivity index (χ1n) is 10.9. The highest BCUT2D eigenvalue weighted by Crippen LogP contribution is 2.51. The number of benzene rings is 2. The minimum absolute atomic E-state index is 0.0237. The minimum atomic E-state index is -3.48. The summed E-state index contributed by atoms with van der Waals surface area (Å²) in [6, 6.07) is 10.6. The number of carbonyl (C=O) groups excluding carboxylic acids is 1. The van der Waals surface area contributed by atoms with Crippen LogP contribution < -0.4 is 4.72 Å². The average Bonchev–Trinajstić information content (AvgIpc) is 3.37. The van der Waals surface area contributed by atoms with E-state index in [0.29, 0.717) is 44.6 Å². The van der Waals surface area contributed by atoms with Crippen LogP contribution in [0.3, 0.4) is 0 Å². The van der Waals surface area contributed by atoms with Gasteiger partial charge in [-0.1, -0.05) is 30.3 Å². The van der Waals surface area contributed by atoms with Gasteiger partial charge in [0.25, 0.3) is 10.2 Å². The largest absolute Gasteiger partial charge is 0.341 e. The average molecular weight is 462 g/mol. The van der Waals surface area contributed by atoms with Gasteiger partial charge in [-0.15, -0.1) is 0 Å². The summed E-state index contributed by atoms with van der Waals surface area (Å²) in [6.45, 7) is 1.92. The first-order valence-corrected chi connectivity index (χ1v) is 12.4. The van der Waals surface area contributed by atoms with E-state index in [2.05, 4.69) is 4.72 Å². The fourth-order valence-electron chi connectivity index (χ4n) is 4.72. The molecule has 0 aromatic heterocycles. The van der Waals surface area contributed by atoms with E-state index in [9.17, 15) is 22.0 Å². The van der Waals surface area contributed by atoms with Crippen molar-refractivity contribution in [1.29, 1.82) is 0 Å². The molecule has 0 bridgehead atoms. The summed E-state index contributed by atoms with van der Waals surface area (Å²) < 4.78 is 57.5. The summed E-state index contributed by atoms with van der Waals surface area (Å²) in [5.41, 5.74) is 1.18. The Bertz CT molecular complexity index is 1130. The van der Waals surface area contributed by atoms with E-state index in [1.807, 2.05) is 12.1 Å². The van der Waals surface area contributed by atoms with Crippen LogP contribution >= 0.6 is 0 Å². The van der Waals surface area contributed by atoms with Crippen molar-refractivity contribution >= 4 is 16.1 Å². The minimum Gasteiger partial charge on any atom is -0.341 e. The third-order valence-corrected chi connectivity index (χ3v) is 8.35. The molecule has 1 amide bonds. The normalized spacial score (nSPS) is 25.6. The number of hydrogen-bond donors (Lipinski definition) is 1. The second kappa shape index (κ2) is 8.20. The van der Waals surface area contributed by atoms with Crippen molar-refractivity contribution in [2.75, 3.05) is 26.2 Å². The summed E-state index contributed by atoms with van der Waals surface area (Å²) in [4.78, 5) is 14.8. The van der Waals surface area contributed by atoms with Gasteiger partial charge in [0.05, 0.1) is 5.56 Å². The second-order valence-corrected chi connectivity index (χ2v) is 10.5. The Balaban J connectivity index is 1.27. The van der Waals surface area contributed by atoms with Gasteiger partial charge in [0.1, 0.15) is 11.6 Å². The molecule has 3 atom stereocenters. The second-order valence-electron chi connectivity index (χ2n) is 8.78. The van der Waals surface area contributed by atoms with Crippen LogP contribution in [0.15, 0.2) is 42.5 Å². The van der Waals surface area contributed by atoms with Crippen LogP contribution in [0.25, 0.3) is 11.1 Å². The molecule has 3 aliphatic rings. The molecule has 1 aliphatic carbocycles. The number of carbonyl (C=O) groups is 1. The molecule has 2 aliphatic heterocycles. The van der Waals surface area contributed by atoms with Gasteiger partial charge >= 0.3 is 0 Å². The molecule has 0 spiro atoms. The fraction of sp³-hybridized carbons (Fsp3) is 0.435. The zero-order valence-electron chi connectivity index (χ0n) is 17.5. The van der Waals surface area contributed by atoms with Crippen LogP contribution in [-0.4, -0.2) is 55.8 Å². The van der Waals surface area contributed by atoms with Crippen molar-refractivity contribution in [2.24, 2.45) is 5.92 Å². The zero-order chi connectivity index (χ0) is 22.5. The van der Waals surface area contributed by atoms with Crippen LogP contribution in [0.4, 0.5) is 8.78 Å². The van der Waals surface area contributed by atoms with E-state index in [-0.39, 0.29) is 29.3 Å². The number of nitrogens with zero attached hydrogens (tertiary/aromatic N) is 2. The maximum atomic E-state index is 14.4. The maximum absolute atomic E-state index is 14.4. The van der Waals surface area contributed by atoms with Crippen LogP contribution in [0, 0.1) is 17.6 Å². The number of hydrogen-bond acceptors (Lipinski definition) is 3. The van der Waals surface area contributed by atoms with Crippen LogP contribution in [0.1, 0.15) is 30.7 Å². The monoisotopic (exact) mass is 461 g/mol. The lowest BCUT2D eigenvalue weighted by Gasteiger charge is -2.30. The number of nitrogens with one attached hydrogen (secondary N) is 1. The number of halogens is 2. The highest BCUT2D eigenvalue weighted by molar-refractivity contribution is 7.87. The molecular formula is C23H25F2N3O3S. The predicted octanol–water partition coefficient (Wildman–Crippen LogP) is 2.88. The first kappa shape index (κ1) is 21.5. The molecule has 2 aromatic rings. The fourth-order valence-corrected chi connectivity index (χ4v) is 6.22. The Kier molecular flexibility index (Phi) is 5.51. The standard InChI is InChI=1S/C23H25F2N3O3S/c24-20-7-3-8-21(25)22(20)17-6-2-1-5-16(17)18-13-19(18)23(29)27-12-9-15(14-27)26-32(30,31)28-10-4-11-28/h1-3,5-8,15,18-19,26H,4,9-14H2/t15-,18-,19+/m0/s1. The molecule has 2 saturated heterocycles. The Hall–Kier alpha value is -2.36. The van der Waals surface area contributed by atoms with Crippen molar-refractivity contribution in [3.05, 3.63) is 59.7 Å². The smallest absolute Gasteiger partial charge is 0.279 e. The molecule has 6 nitrogen and oxygen atoms in total. The highest BCUT2D eigenvalue weighted by Gasteiger charge is 2.48. The molecule has 3 fully saturated rings. The van der Waals surface area contributed by atoms with Crippen molar-refractivity contribution in [1.82, 2.24) is 13.9 Å². The van der Waals surface area contributed by atoms with Gasteiger partial charge in [-0.2, -0.15) is 17.4 Å². The Labute approximate surface area is 186 Å². The zero-order valence-corrected chi connectivity index (χ0v) is 18.3. The van der Waals surface area contributed by atoms with E-state index in [1.54, 1.807) is 17.0 Å². The van der Waals surface area contributed by atoms with Crippen molar-refractivity contribution in [2.45, 2.75) is 31.2 Å². The summed E-state index contributed by atoms with van der Waals surface area (Å²) in [7, 11) is -3.48. The van der Waals surface area contributed by atoms with Crippen molar-refractivity contribution < 1.29 is 22.0 Å². The molecule has 2 heterocycles. The van der Waals surface area contributed by atoms with Crippen molar-refractivity contribution in [3.63, 3.8) is 0 Å². The van der Waals surface area contributed by atoms with E-state index in [1.165, 1.54) is 22.5 Å². The molecule has 0 radical (unpaired) electrons. The summed E-state index contributed by atoms with van der Waals surface area (Å²) >= 11 is 0. The van der Waals surface area contributed by atoms with E-state index < -0.39 is 21.8 Å². The van der Waals surface area contributed by atoms with Gasteiger partial charge in [-0.05, 0) is 48.4 Å². The Morgan fingerprint density at radius 3 is 2.41 bits per heavy atom. The molecule has 9 heteroatoms. The number of rotatable bonds is 6. The lowest BCUT2D eigenvalue weighted by molar-refractivity contribution is -0.131. The quantitative estimate of drug-likeness (QED) is 0.719. The van der Waals surface area contributed by atoms with E-state index in [4.69, 9.17) is 0 Å². The van der Waals surface area contributed by atoms with Gasteiger partial charge in [0, 0.05) is 38.1 Å². The van der Waals surface area contributed by atoms with Crippen LogP contribution in [0.2, 0.25) is 0 Å². The molecule has 170 valence electrons. The van der Waals surface area contributed by atoms with Gasteiger partial charge in [0.2, 0.25) is 5.91 Å². The molecule has 0 unspecified atom stereocenters. The summed E-state index contributed by atoms with van der Waals surface area (Å²) in [5.74, 6) is -1.63. The number of amides is 1. The highest BCUT2D eigenvalue weighted by atomic mass is 32.2. The number of likely N-dealkylation sites (tertiary alicyclic amines) is 1. The van der Waals surface area contributed by atoms with Gasteiger partial charge in [0.15, 0.2) is 0 Å². The van der Waals surface area contributed by atoms with Gasteiger partial charge in [-0.25, -0.2) is 8.78 Å². The SMILES string of the molecule is O=C([C@@H]1C[C@H]1c1ccccc1-c1c(F)cccc1F)N1CC[C@H](NS(=O)(=O)N2CCC2)C1. The van der Waals surface area contributed by atoms with Gasteiger partial charge < -0.3 is 4.90 Å². The topological polar surface area (TPSA) is 69.7 Å². The Morgan fingerprint density at radius 2 is 1.72 bits per heavy atom. The molecule has 1 N–H and O–H groups in total.